The quantitative estimate of drug-likeness (QED) is 0.718. The van der Waals surface area contributed by atoms with E-state index in [0.29, 0.717) is 11.8 Å². The maximum absolute atomic E-state index is 5.82. The lowest BCUT2D eigenvalue weighted by Crippen LogP contribution is -2.12. The molecule has 0 atom stereocenters. The predicted octanol–water partition coefficient (Wildman–Crippen LogP) is 4.24. The maximum Gasteiger partial charge on any atom is 0.127 e. The summed E-state index contributed by atoms with van der Waals surface area (Å²) in [4.78, 5) is 0. The Morgan fingerprint density at radius 3 is 2.44 bits per heavy atom. The van der Waals surface area contributed by atoms with Crippen molar-refractivity contribution in [2.45, 2.75) is 33.6 Å². The topological polar surface area (TPSA) is 9.23 Å². The van der Waals surface area contributed by atoms with Crippen LogP contribution in [-0.4, -0.2) is 6.61 Å². The van der Waals surface area contributed by atoms with Crippen LogP contribution in [0.1, 0.15) is 44.7 Å². The molecule has 16 heavy (non-hydrogen) atoms. The van der Waals surface area contributed by atoms with Crippen LogP contribution in [0, 0.1) is 5.92 Å². The van der Waals surface area contributed by atoms with Gasteiger partial charge in [-0.05, 0) is 35.1 Å². The van der Waals surface area contributed by atoms with Gasteiger partial charge < -0.3 is 4.74 Å². The first-order valence-corrected chi connectivity index (χ1v) is 6.05. The number of hydrogen-bond acceptors (Lipinski definition) is 1. The van der Waals surface area contributed by atoms with Gasteiger partial charge in [0.25, 0.3) is 0 Å². The molecule has 1 nitrogen and oxygen atoms in total. The van der Waals surface area contributed by atoms with Crippen molar-refractivity contribution in [3.05, 3.63) is 34.9 Å². The summed E-state index contributed by atoms with van der Waals surface area (Å²) in [5.41, 5.74) is 4.06. The molecule has 1 aromatic rings. The van der Waals surface area contributed by atoms with Gasteiger partial charge in [-0.3, -0.25) is 0 Å². The monoisotopic (exact) mass is 216 g/mol. The predicted molar refractivity (Wildman–Crippen MR) is 68.8 cm³/mol. The molecule has 0 saturated carbocycles. The van der Waals surface area contributed by atoms with E-state index in [1.54, 1.807) is 0 Å². The van der Waals surface area contributed by atoms with Crippen molar-refractivity contribution >= 4 is 6.08 Å². The van der Waals surface area contributed by atoms with Crippen molar-refractivity contribution in [1.82, 2.24) is 0 Å². The van der Waals surface area contributed by atoms with Gasteiger partial charge in [0, 0.05) is 5.56 Å². The van der Waals surface area contributed by atoms with E-state index in [1.807, 2.05) is 0 Å². The summed E-state index contributed by atoms with van der Waals surface area (Å²) in [5, 5.41) is 0. The number of fused-ring (bicyclic) bond motifs is 1. The third kappa shape index (κ3) is 1.99. The molecule has 2 rings (SSSR count). The van der Waals surface area contributed by atoms with Gasteiger partial charge in [0.1, 0.15) is 12.4 Å². The zero-order valence-corrected chi connectivity index (χ0v) is 10.6. The average molecular weight is 216 g/mol. The van der Waals surface area contributed by atoms with E-state index in [2.05, 4.69) is 52.0 Å². The molecule has 1 aliphatic rings. The second-order valence-corrected chi connectivity index (χ2v) is 5.08. The molecule has 0 aromatic heterocycles. The average Bonchev–Trinajstić information content (AvgIpc) is 2.27. The first kappa shape index (κ1) is 11.3. The summed E-state index contributed by atoms with van der Waals surface area (Å²) in [6.45, 7) is 9.64. The van der Waals surface area contributed by atoms with Crippen molar-refractivity contribution in [2.24, 2.45) is 5.92 Å². The van der Waals surface area contributed by atoms with E-state index in [9.17, 15) is 0 Å². The van der Waals surface area contributed by atoms with Crippen LogP contribution in [0.15, 0.2) is 23.8 Å². The van der Waals surface area contributed by atoms with E-state index in [-0.39, 0.29) is 0 Å². The molecule has 1 aromatic carbocycles. The van der Waals surface area contributed by atoms with Crippen LogP contribution in [0.3, 0.4) is 0 Å². The highest BCUT2D eigenvalue weighted by atomic mass is 16.5. The number of rotatable bonds is 2. The van der Waals surface area contributed by atoms with Crippen LogP contribution in [0.25, 0.3) is 6.08 Å². The molecule has 0 aliphatic carbocycles. The van der Waals surface area contributed by atoms with Gasteiger partial charge >= 0.3 is 0 Å². The Morgan fingerprint density at radius 2 is 1.81 bits per heavy atom. The summed E-state index contributed by atoms with van der Waals surface area (Å²) >= 11 is 0. The van der Waals surface area contributed by atoms with Gasteiger partial charge in [0.2, 0.25) is 0 Å². The lowest BCUT2D eigenvalue weighted by Gasteiger charge is -2.23. The number of benzene rings is 1. The van der Waals surface area contributed by atoms with Crippen LogP contribution >= 0.6 is 0 Å². The highest BCUT2D eigenvalue weighted by Crippen LogP contribution is 2.34. The lowest BCUT2D eigenvalue weighted by molar-refractivity contribution is 0.334. The van der Waals surface area contributed by atoms with Crippen LogP contribution < -0.4 is 4.74 Å². The van der Waals surface area contributed by atoms with Crippen molar-refractivity contribution < 1.29 is 4.74 Å². The molecular formula is C15H20O. The van der Waals surface area contributed by atoms with Crippen LogP contribution in [0.4, 0.5) is 0 Å². The fraction of sp³-hybridized carbons (Fsp3) is 0.467. The highest BCUT2D eigenvalue weighted by Gasteiger charge is 2.17. The molecule has 0 unspecified atom stereocenters. The Morgan fingerprint density at radius 1 is 1.06 bits per heavy atom. The first-order chi connectivity index (χ1) is 7.59. The molecule has 0 N–H and O–H groups in total. The first-order valence-electron chi connectivity index (χ1n) is 6.05. The van der Waals surface area contributed by atoms with Crippen molar-refractivity contribution in [3.8, 4) is 5.75 Å². The minimum atomic E-state index is 0.543. The normalized spacial score (nSPS) is 14.8. The maximum atomic E-state index is 5.82. The Balaban J connectivity index is 2.50. The van der Waals surface area contributed by atoms with Gasteiger partial charge in [0.15, 0.2) is 0 Å². The molecule has 0 fully saturated rings. The smallest absolute Gasteiger partial charge is 0.127 e. The summed E-state index contributed by atoms with van der Waals surface area (Å²) in [5.74, 6) is 2.14. The van der Waals surface area contributed by atoms with Crippen LogP contribution in [0.2, 0.25) is 0 Å². The Bertz CT molecular complexity index is 413. The molecule has 0 radical (unpaired) electrons. The molecule has 0 amide bonds. The highest BCUT2D eigenvalue weighted by molar-refractivity contribution is 5.66. The second kappa shape index (κ2) is 4.32. The van der Waals surface area contributed by atoms with E-state index in [0.717, 1.165) is 12.4 Å². The minimum Gasteiger partial charge on any atom is -0.489 e. The minimum absolute atomic E-state index is 0.543. The third-order valence-electron chi connectivity index (χ3n) is 3.19. The Kier molecular flexibility index (Phi) is 3.04. The van der Waals surface area contributed by atoms with E-state index in [1.165, 1.54) is 16.7 Å². The summed E-state index contributed by atoms with van der Waals surface area (Å²) in [7, 11) is 0. The van der Waals surface area contributed by atoms with Crippen LogP contribution in [-0.2, 0) is 0 Å². The number of ether oxygens (including phenoxy) is 1. The van der Waals surface area contributed by atoms with Gasteiger partial charge in [-0.15, -0.1) is 0 Å². The molecule has 0 saturated heterocycles. The zero-order valence-electron chi connectivity index (χ0n) is 10.6. The number of hydrogen-bond donors (Lipinski definition) is 0. The summed E-state index contributed by atoms with van der Waals surface area (Å²) in [6.07, 6.45) is 2.32. The molecule has 0 bridgehead atoms. The van der Waals surface area contributed by atoms with E-state index >= 15 is 0 Å². The Hall–Kier alpha value is -1.24. The third-order valence-corrected chi connectivity index (χ3v) is 3.19. The molecule has 0 spiro atoms. The molecule has 86 valence electrons. The van der Waals surface area contributed by atoms with Crippen molar-refractivity contribution in [2.75, 3.05) is 6.61 Å². The van der Waals surface area contributed by atoms with Crippen molar-refractivity contribution in [1.29, 1.82) is 0 Å². The SMILES string of the molecule is CC(C)C1=Cc2c(cccc2C(C)C)OC1. The lowest BCUT2D eigenvalue weighted by atomic mass is 9.91. The van der Waals surface area contributed by atoms with E-state index in [4.69, 9.17) is 4.74 Å². The Labute approximate surface area is 98.1 Å². The van der Waals surface area contributed by atoms with Crippen LogP contribution in [0.5, 0.6) is 5.75 Å². The summed E-state index contributed by atoms with van der Waals surface area (Å²) in [6, 6.07) is 6.35. The fourth-order valence-electron chi connectivity index (χ4n) is 2.07. The zero-order chi connectivity index (χ0) is 11.7. The van der Waals surface area contributed by atoms with Crippen molar-refractivity contribution in [3.63, 3.8) is 0 Å². The van der Waals surface area contributed by atoms with Gasteiger partial charge in [-0.1, -0.05) is 39.8 Å². The molecule has 1 heterocycles. The molecular weight excluding hydrogens is 196 g/mol. The molecule has 1 heteroatoms. The van der Waals surface area contributed by atoms with E-state index < -0.39 is 0 Å². The molecule has 1 aliphatic heterocycles. The largest absolute Gasteiger partial charge is 0.489 e. The van der Waals surface area contributed by atoms with Gasteiger partial charge in [-0.25, -0.2) is 0 Å². The standard InChI is InChI=1S/C15H20O/c1-10(2)12-8-14-13(11(3)4)6-5-7-15(14)16-9-12/h5-8,10-11H,9H2,1-4H3. The second-order valence-electron chi connectivity index (χ2n) is 5.08. The van der Waals surface area contributed by atoms with Gasteiger partial charge in [0.05, 0.1) is 0 Å². The summed E-state index contributed by atoms with van der Waals surface area (Å²) < 4.78 is 5.82. The fourth-order valence-corrected chi connectivity index (χ4v) is 2.07. The van der Waals surface area contributed by atoms with Gasteiger partial charge in [-0.2, -0.15) is 0 Å².